The highest BCUT2D eigenvalue weighted by Crippen LogP contribution is 2.29. The van der Waals surface area contributed by atoms with Gasteiger partial charge in [0, 0.05) is 11.1 Å². The fourth-order valence-corrected chi connectivity index (χ4v) is 3.51. The molecule has 1 amide bonds. The maximum absolute atomic E-state index is 12.7. The highest BCUT2D eigenvalue weighted by molar-refractivity contribution is 5.95. The van der Waals surface area contributed by atoms with Crippen LogP contribution in [0.2, 0.25) is 0 Å². The Labute approximate surface area is 220 Å². The number of rotatable bonds is 11. The zero-order valence-electron chi connectivity index (χ0n) is 20.7. The van der Waals surface area contributed by atoms with Crippen molar-refractivity contribution in [2.24, 2.45) is 5.10 Å². The number of ether oxygens (including phenoxy) is 3. The molecule has 8 nitrogen and oxygen atoms in total. The summed E-state index contributed by atoms with van der Waals surface area (Å²) in [5.41, 5.74) is 5.59. The first kappa shape index (κ1) is 26.0. The van der Waals surface area contributed by atoms with Gasteiger partial charge in [0.15, 0.2) is 11.5 Å². The number of methoxy groups -OCH3 is 1. The minimum Gasteiger partial charge on any atom is -0.493 e. The van der Waals surface area contributed by atoms with Gasteiger partial charge in [-0.15, -0.1) is 0 Å². The average Bonchev–Trinajstić information content (AvgIpc) is 2.96. The molecule has 192 valence electrons. The molecule has 0 aliphatic carbocycles. The van der Waals surface area contributed by atoms with Gasteiger partial charge in [-0.3, -0.25) is 4.79 Å². The standard InChI is InChI=1S/C30H26N2O6/c1-36-28-17-24(15-16-27(28)38-19-21-7-3-2-4-8-21)29(33)32-31-18-25-9-5-6-10-26(25)37-20-22-11-13-23(14-12-22)30(34)35/h2-18H,19-20H2,1H3,(H,32,33)(H,34,35)/b31-18+. The van der Waals surface area contributed by atoms with Gasteiger partial charge in [-0.1, -0.05) is 54.6 Å². The van der Waals surface area contributed by atoms with E-state index in [0.717, 1.165) is 11.1 Å². The molecule has 0 aromatic heterocycles. The minimum atomic E-state index is -0.980. The Morgan fingerprint density at radius 3 is 2.11 bits per heavy atom. The van der Waals surface area contributed by atoms with E-state index in [2.05, 4.69) is 10.5 Å². The monoisotopic (exact) mass is 510 g/mol. The molecule has 0 aliphatic rings. The number of carboxylic acids is 1. The number of hydrazone groups is 1. The molecule has 4 aromatic rings. The van der Waals surface area contributed by atoms with E-state index in [0.29, 0.717) is 35.0 Å². The van der Waals surface area contributed by atoms with Crippen LogP contribution in [0.15, 0.2) is 102 Å². The van der Waals surface area contributed by atoms with E-state index >= 15 is 0 Å². The van der Waals surface area contributed by atoms with E-state index in [-0.39, 0.29) is 12.2 Å². The van der Waals surface area contributed by atoms with Gasteiger partial charge >= 0.3 is 5.97 Å². The Kier molecular flexibility index (Phi) is 8.70. The van der Waals surface area contributed by atoms with Crippen LogP contribution in [0.5, 0.6) is 17.2 Å². The van der Waals surface area contributed by atoms with Crippen molar-refractivity contribution in [1.29, 1.82) is 0 Å². The van der Waals surface area contributed by atoms with Gasteiger partial charge in [-0.25, -0.2) is 10.2 Å². The van der Waals surface area contributed by atoms with Crippen LogP contribution >= 0.6 is 0 Å². The van der Waals surface area contributed by atoms with E-state index in [9.17, 15) is 9.59 Å². The van der Waals surface area contributed by atoms with Gasteiger partial charge < -0.3 is 19.3 Å². The van der Waals surface area contributed by atoms with Crippen LogP contribution in [-0.4, -0.2) is 30.3 Å². The number of amides is 1. The van der Waals surface area contributed by atoms with Gasteiger partial charge in [-0.2, -0.15) is 5.10 Å². The van der Waals surface area contributed by atoms with Crippen LogP contribution in [0, 0.1) is 0 Å². The molecule has 38 heavy (non-hydrogen) atoms. The number of hydrogen-bond donors (Lipinski definition) is 2. The lowest BCUT2D eigenvalue weighted by Crippen LogP contribution is -2.17. The van der Waals surface area contributed by atoms with Crippen LogP contribution in [0.1, 0.15) is 37.4 Å². The van der Waals surface area contributed by atoms with E-state index in [1.807, 2.05) is 42.5 Å². The topological polar surface area (TPSA) is 106 Å². The molecule has 0 atom stereocenters. The predicted molar refractivity (Wildman–Crippen MR) is 143 cm³/mol. The highest BCUT2D eigenvalue weighted by Gasteiger charge is 2.11. The Hall–Kier alpha value is -5.11. The lowest BCUT2D eigenvalue weighted by Gasteiger charge is -2.12. The Morgan fingerprint density at radius 1 is 0.763 bits per heavy atom. The normalized spacial score (nSPS) is 10.7. The molecule has 0 bridgehead atoms. The van der Waals surface area contributed by atoms with Gasteiger partial charge in [0.2, 0.25) is 0 Å². The Balaban J connectivity index is 1.36. The van der Waals surface area contributed by atoms with Crippen LogP contribution < -0.4 is 19.6 Å². The molecule has 0 heterocycles. The molecule has 0 unspecified atom stereocenters. The molecule has 0 saturated heterocycles. The van der Waals surface area contributed by atoms with E-state index < -0.39 is 11.9 Å². The summed E-state index contributed by atoms with van der Waals surface area (Å²) >= 11 is 0. The first-order chi connectivity index (χ1) is 18.5. The molecule has 0 spiro atoms. The van der Waals surface area contributed by atoms with Crippen molar-refractivity contribution in [1.82, 2.24) is 5.43 Å². The summed E-state index contributed by atoms with van der Waals surface area (Å²) in [6.45, 7) is 0.623. The number of nitrogens with one attached hydrogen (secondary N) is 1. The number of nitrogens with zero attached hydrogens (tertiary/aromatic N) is 1. The third-order valence-electron chi connectivity index (χ3n) is 5.55. The summed E-state index contributed by atoms with van der Waals surface area (Å²) in [6, 6.07) is 28.4. The van der Waals surface area contributed by atoms with E-state index in [1.165, 1.54) is 25.5 Å². The van der Waals surface area contributed by atoms with Crippen molar-refractivity contribution in [3.05, 3.63) is 125 Å². The molecule has 4 aromatic carbocycles. The van der Waals surface area contributed by atoms with Crippen LogP contribution in [0.3, 0.4) is 0 Å². The summed E-state index contributed by atoms with van der Waals surface area (Å²) in [7, 11) is 1.52. The number of carbonyl (C=O) groups is 2. The van der Waals surface area contributed by atoms with Crippen molar-refractivity contribution < 1.29 is 28.9 Å². The smallest absolute Gasteiger partial charge is 0.335 e. The lowest BCUT2D eigenvalue weighted by molar-refractivity contribution is 0.0696. The third-order valence-corrected chi connectivity index (χ3v) is 5.55. The first-order valence-electron chi connectivity index (χ1n) is 11.8. The van der Waals surface area contributed by atoms with Crippen LogP contribution in [-0.2, 0) is 13.2 Å². The van der Waals surface area contributed by atoms with Gasteiger partial charge in [-0.05, 0) is 53.6 Å². The highest BCUT2D eigenvalue weighted by atomic mass is 16.5. The molecular formula is C30H26N2O6. The zero-order valence-corrected chi connectivity index (χ0v) is 20.7. The van der Waals surface area contributed by atoms with Gasteiger partial charge in [0.05, 0.1) is 18.9 Å². The quantitative estimate of drug-likeness (QED) is 0.209. The molecule has 4 rings (SSSR count). The largest absolute Gasteiger partial charge is 0.493 e. The van der Waals surface area contributed by atoms with Crippen molar-refractivity contribution in [3.63, 3.8) is 0 Å². The van der Waals surface area contributed by atoms with Crippen molar-refractivity contribution in [2.75, 3.05) is 7.11 Å². The average molecular weight is 511 g/mol. The lowest BCUT2D eigenvalue weighted by atomic mass is 10.1. The minimum absolute atomic E-state index is 0.212. The Morgan fingerprint density at radius 2 is 1.39 bits per heavy atom. The number of para-hydroxylation sites is 1. The number of aromatic carboxylic acids is 1. The Bertz CT molecular complexity index is 1420. The third kappa shape index (κ3) is 6.98. The maximum Gasteiger partial charge on any atom is 0.335 e. The molecule has 0 aliphatic heterocycles. The molecule has 0 radical (unpaired) electrons. The van der Waals surface area contributed by atoms with Crippen molar-refractivity contribution in [2.45, 2.75) is 13.2 Å². The fourth-order valence-electron chi connectivity index (χ4n) is 3.51. The van der Waals surface area contributed by atoms with Crippen LogP contribution in [0.4, 0.5) is 0 Å². The molecule has 0 fully saturated rings. The predicted octanol–water partition coefficient (Wildman–Crippen LogP) is 5.32. The van der Waals surface area contributed by atoms with Crippen LogP contribution in [0.25, 0.3) is 0 Å². The molecule has 2 N–H and O–H groups in total. The van der Waals surface area contributed by atoms with Gasteiger partial charge in [0.1, 0.15) is 19.0 Å². The van der Waals surface area contributed by atoms with E-state index in [4.69, 9.17) is 19.3 Å². The SMILES string of the molecule is COc1cc(C(=O)N/N=C/c2ccccc2OCc2ccc(C(=O)O)cc2)ccc1OCc1ccccc1. The second-order valence-electron chi connectivity index (χ2n) is 8.17. The molecular weight excluding hydrogens is 484 g/mol. The number of carboxylic acid groups (broad SMARTS) is 1. The summed E-state index contributed by atoms with van der Waals surface area (Å²) in [4.78, 5) is 23.7. The summed E-state index contributed by atoms with van der Waals surface area (Å²) in [5, 5.41) is 13.1. The summed E-state index contributed by atoms with van der Waals surface area (Å²) in [5.74, 6) is 0.139. The van der Waals surface area contributed by atoms with Crippen molar-refractivity contribution in [3.8, 4) is 17.2 Å². The molecule has 0 saturated carbocycles. The second-order valence-corrected chi connectivity index (χ2v) is 8.17. The maximum atomic E-state index is 12.7. The number of benzene rings is 4. The fraction of sp³-hybridized carbons (Fsp3) is 0.100. The zero-order chi connectivity index (χ0) is 26.7. The first-order valence-corrected chi connectivity index (χ1v) is 11.8. The summed E-state index contributed by atoms with van der Waals surface area (Å²) in [6.07, 6.45) is 1.50. The number of carbonyl (C=O) groups excluding carboxylic acids is 1. The van der Waals surface area contributed by atoms with E-state index in [1.54, 1.807) is 42.5 Å². The number of hydrogen-bond acceptors (Lipinski definition) is 6. The van der Waals surface area contributed by atoms with Crippen molar-refractivity contribution >= 4 is 18.1 Å². The summed E-state index contributed by atoms with van der Waals surface area (Å²) < 4.78 is 17.1. The van der Waals surface area contributed by atoms with Gasteiger partial charge in [0.25, 0.3) is 5.91 Å². The second kappa shape index (κ2) is 12.7. The molecule has 8 heteroatoms.